The number of aromatic amines is 1. The number of rotatable bonds is 4. The van der Waals surface area contributed by atoms with Crippen molar-refractivity contribution in [1.82, 2.24) is 15.2 Å². The zero-order chi connectivity index (χ0) is 13.9. The molecular weight excluding hydrogens is 246 g/mol. The van der Waals surface area contributed by atoms with Crippen LogP contribution < -0.4 is 5.32 Å². The second-order valence-electron chi connectivity index (χ2n) is 5.75. The Hall–Kier alpha value is -1.58. The van der Waals surface area contributed by atoms with Crippen LogP contribution >= 0.6 is 0 Å². The Balaban J connectivity index is 1.97. The molecule has 1 fully saturated rings. The van der Waals surface area contributed by atoms with Crippen LogP contribution in [0.15, 0.2) is 42.6 Å². The first-order valence-electron chi connectivity index (χ1n) is 7.41. The lowest BCUT2D eigenvalue weighted by Crippen LogP contribution is -2.45. The van der Waals surface area contributed by atoms with Crippen molar-refractivity contribution in [2.24, 2.45) is 0 Å². The molecule has 20 heavy (non-hydrogen) atoms. The molecule has 0 bridgehead atoms. The van der Waals surface area contributed by atoms with Gasteiger partial charge in [0.25, 0.3) is 0 Å². The Morgan fingerprint density at radius 3 is 2.80 bits per heavy atom. The molecule has 2 heterocycles. The number of nitrogens with one attached hydrogen (secondary N) is 2. The van der Waals surface area contributed by atoms with Gasteiger partial charge >= 0.3 is 0 Å². The lowest BCUT2D eigenvalue weighted by atomic mass is 9.97. The van der Waals surface area contributed by atoms with E-state index in [4.69, 9.17) is 0 Å². The van der Waals surface area contributed by atoms with Crippen molar-refractivity contribution < 1.29 is 0 Å². The minimum Gasteiger partial charge on any atom is -0.361 e. The molecule has 0 aliphatic carbocycles. The Morgan fingerprint density at radius 2 is 2.05 bits per heavy atom. The third-order valence-corrected chi connectivity index (χ3v) is 4.11. The number of hydrogen-bond donors (Lipinski definition) is 2. The summed E-state index contributed by atoms with van der Waals surface area (Å²) < 4.78 is 0. The molecule has 0 radical (unpaired) electrons. The molecule has 2 N–H and O–H groups in total. The van der Waals surface area contributed by atoms with Gasteiger partial charge in [-0.05, 0) is 25.0 Å². The smallest absolute Gasteiger partial charge is 0.0457 e. The summed E-state index contributed by atoms with van der Waals surface area (Å²) >= 11 is 0. The summed E-state index contributed by atoms with van der Waals surface area (Å²) in [7, 11) is 0. The van der Waals surface area contributed by atoms with Gasteiger partial charge in [0.1, 0.15) is 0 Å². The molecule has 3 nitrogen and oxygen atoms in total. The summed E-state index contributed by atoms with van der Waals surface area (Å²) in [5.41, 5.74) is 3.88. The largest absolute Gasteiger partial charge is 0.361 e. The van der Waals surface area contributed by atoms with Crippen molar-refractivity contribution in [2.45, 2.75) is 19.4 Å². The molecule has 1 atom stereocenters. The lowest BCUT2D eigenvalue weighted by molar-refractivity contribution is 0.173. The number of fused-ring (bicyclic) bond motifs is 1. The molecule has 0 spiro atoms. The van der Waals surface area contributed by atoms with Gasteiger partial charge in [0.05, 0.1) is 0 Å². The molecule has 1 saturated heterocycles. The van der Waals surface area contributed by atoms with Gasteiger partial charge in [0.15, 0.2) is 0 Å². The molecule has 3 heteroatoms. The number of piperazine rings is 1. The van der Waals surface area contributed by atoms with Gasteiger partial charge in [-0.3, -0.25) is 4.90 Å². The fourth-order valence-electron chi connectivity index (χ4n) is 3.13. The van der Waals surface area contributed by atoms with Crippen LogP contribution in [0.5, 0.6) is 0 Å². The summed E-state index contributed by atoms with van der Waals surface area (Å²) in [5.74, 6) is 0. The van der Waals surface area contributed by atoms with Gasteiger partial charge in [-0.25, -0.2) is 0 Å². The van der Waals surface area contributed by atoms with Gasteiger partial charge in [-0.15, -0.1) is 6.58 Å². The molecule has 1 aromatic carbocycles. The van der Waals surface area contributed by atoms with Crippen LogP contribution in [-0.4, -0.2) is 36.1 Å². The molecular formula is C17H23N3. The van der Waals surface area contributed by atoms with E-state index in [0.717, 1.165) is 32.6 Å². The minimum atomic E-state index is 0.436. The van der Waals surface area contributed by atoms with Crippen LogP contribution in [-0.2, 0) is 0 Å². The summed E-state index contributed by atoms with van der Waals surface area (Å²) in [6, 6.07) is 9.00. The Bertz CT molecular complexity index is 593. The maximum absolute atomic E-state index is 4.13. The van der Waals surface area contributed by atoms with E-state index in [1.165, 1.54) is 22.0 Å². The highest BCUT2D eigenvalue weighted by Crippen LogP contribution is 2.32. The first-order valence-corrected chi connectivity index (χ1v) is 7.41. The van der Waals surface area contributed by atoms with E-state index in [1.807, 2.05) is 0 Å². The fourth-order valence-corrected chi connectivity index (χ4v) is 3.13. The van der Waals surface area contributed by atoms with Crippen LogP contribution in [0.25, 0.3) is 10.9 Å². The first kappa shape index (κ1) is 13.4. The number of para-hydroxylation sites is 1. The van der Waals surface area contributed by atoms with Crippen molar-refractivity contribution >= 4 is 10.9 Å². The van der Waals surface area contributed by atoms with Crippen molar-refractivity contribution in [3.63, 3.8) is 0 Å². The second-order valence-corrected chi connectivity index (χ2v) is 5.75. The molecule has 0 amide bonds. The van der Waals surface area contributed by atoms with E-state index < -0.39 is 0 Å². The van der Waals surface area contributed by atoms with Gasteiger partial charge < -0.3 is 10.3 Å². The van der Waals surface area contributed by atoms with Crippen LogP contribution in [0, 0.1) is 0 Å². The topological polar surface area (TPSA) is 31.1 Å². The summed E-state index contributed by atoms with van der Waals surface area (Å²) in [6.45, 7) is 10.6. The van der Waals surface area contributed by atoms with Crippen molar-refractivity contribution in [3.8, 4) is 0 Å². The molecule has 2 aromatic rings. The number of H-pyrrole nitrogens is 1. The highest BCUT2D eigenvalue weighted by molar-refractivity contribution is 5.83. The number of nitrogens with zero attached hydrogens (tertiary/aromatic N) is 1. The molecule has 0 unspecified atom stereocenters. The summed E-state index contributed by atoms with van der Waals surface area (Å²) in [4.78, 5) is 5.99. The van der Waals surface area contributed by atoms with E-state index in [0.29, 0.717) is 6.04 Å². The average molecular weight is 269 g/mol. The average Bonchev–Trinajstić information content (AvgIpc) is 2.89. The first-order chi connectivity index (χ1) is 9.75. The minimum absolute atomic E-state index is 0.436. The SMILES string of the molecule is C=C(C)C[C@H](c1c[nH]c2ccccc12)N1CCNCC1. The number of benzene rings is 1. The van der Waals surface area contributed by atoms with Crippen LogP contribution in [0.4, 0.5) is 0 Å². The highest BCUT2D eigenvalue weighted by Gasteiger charge is 2.24. The molecule has 0 saturated carbocycles. The molecule has 1 aliphatic rings. The Kier molecular flexibility index (Phi) is 3.90. The summed E-state index contributed by atoms with van der Waals surface area (Å²) in [6.07, 6.45) is 3.21. The third-order valence-electron chi connectivity index (χ3n) is 4.11. The van der Waals surface area contributed by atoms with Crippen LogP contribution in [0.1, 0.15) is 24.9 Å². The van der Waals surface area contributed by atoms with Gasteiger partial charge in [0, 0.05) is 49.3 Å². The lowest BCUT2D eigenvalue weighted by Gasteiger charge is -2.35. The van der Waals surface area contributed by atoms with Crippen LogP contribution in [0.3, 0.4) is 0 Å². The quantitative estimate of drug-likeness (QED) is 0.836. The fraction of sp³-hybridized carbons (Fsp3) is 0.412. The summed E-state index contributed by atoms with van der Waals surface area (Å²) in [5, 5.41) is 4.78. The molecule has 1 aromatic heterocycles. The monoisotopic (exact) mass is 269 g/mol. The van der Waals surface area contributed by atoms with Gasteiger partial charge in [-0.1, -0.05) is 23.8 Å². The Morgan fingerprint density at radius 1 is 1.30 bits per heavy atom. The van der Waals surface area contributed by atoms with E-state index in [-0.39, 0.29) is 0 Å². The Labute approximate surface area is 120 Å². The van der Waals surface area contributed by atoms with Crippen molar-refractivity contribution in [2.75, 3.05) is 26.2 Å². The molecule has 1 aliphatic heterocycles. The van der Waals surface area contributed by atoms with Gasteiger partial charge in [0.2, 0.25) is 0 Å². The maximum atomic E-state index is 4.13. The van der Waals surface area contributed by atoms with Gasteiger partial charge in [-0.2, -0.15) is 0 Å². The molecule has 106 valence electrons. The van der Waals surface area contributed by atoms with E-state index in [9.17, 15) is 0 Å². The molecule has 3 rings (SSSR count). The third kappa shape index (κ3) is 2.65. The standard InChI is InChI=1S/C17H23N3/c1-13(2)11-17(20-9-7-18-8-10-20)15-12-19-16-6-4-3-5-14(15)16/h3-6,12,17-19H,1,7-11H2,2H3/t17-/m1/s1. The van der Waals surface area contributed by atoms with E-state index in [1.54, 1.807) is 0 Å². The second kappa shape index (κ2) is 5.81. The van der Waals surface area contributed by atoms with E-state index in [2.05, 4.69) is 59.2 Å². The van der Waals surface area contributed by atoms with Crippen molar-refractivity contribution in [3.05, 3.63) is 48.2 Å². The maximum Gasteiger partial charge on any atom is 0.0457 e. The van der Waals surface area contributed by atoms with E-state index >= 15 is 0 Å². The zero-order valence-electron chi connectivity index (χ0n) is 12.2. The number of hydrogen-bond acceptors (Lipinski definition) is 2. The predicted molar refractivity (Wildman–Crippen MR) is 84.9 cm³/mol. The number of aromatic nitrogens is 1. The predicted octanol–water partition coefficient (Wildman–Crippen LogP) is 3.08. The van der Waals surface area contributed by atoms with Crippen LogP contribution in [0.2, 0.25) is 0 Å². The van der Waals surface area contributed by atoms with Crippen molar-refractivity contribution in [1.29, 1.82) is 0 Å². The normalized spacial score (nSPS) is 18.2. The highest BCUT2D eigenvalue weighted by atomic mass is 15.2. The zero-order valence-corrected chi connectivity index (χ0v) is 12.2.